The number of nitrogens with two attached hydrogens (primary N) is 1. The second kappa shape index (κ2) is 5.95. The lowest BCUT2D eigenvalue weighted by molar-refractivity contribution is -0.119. The Hall–Kier alpha value is -1.73. The fraction of sp³-hybridized carbons (Fsp3) is 0.500. The number of rotatable bonds is 4. The zero-order chi connectivity index (χ0) is 14.8. The molecular formula is C14H18N4O2S. The third-order valence-corrected chi connectivity index (χ3v) is 4.61. The number of aromatic nitrogens is 2. The lowest BCUT2D eigenvalue weighted by Crippen LogP contribution is -2.40. The van der Waals surface area contributed by atoms with Crippen molar-refractivity contribution in [2.75, 3.05) is 19.6 Å². The summed E-state index contributed by atoms with van der Waals surface area (Å²) in [4.78, 5) is 15.3. The maximum Gasteiger partial charge on any atom is 0.257 e. The van der Waals surface area contributed by atoms with Gasteiger partial charge in [-0.15, -0.1) is 21.5 Å². The normalized spacial score (nSPS) is 19.8. The summed E-state index contributed by atoms with van der Waals surface area (Å²) in [7, 11) is 0. The van der Waals surface area contributed by atoms with E-state index in [-0.39, 0.29) is 11.8 Å². The van der Waals surface area contributed by atoms with E-state index in [9.17, 15) is 4.79 Å². The monoisotopic (exact) mass is 306 g/mol. The van der Waals surface area contributed by atoms with Crippen LogP contribution in [0.5, 0.6) is 0 Å². The average molecular weight is 306 g/mol. The molecule has 112 valence electrons. The van der Waals surface area contributed by atoms with Crippen molar-refractivity contribution in [2.24, 2.45) is 5.73 Å². The number of hydrogen-bond donors (Lipinski definition) is 1. The van der Waals surface area contributed by atoms with Gasteiger partial charge in [0.15, 0.2) is 0 Å². The zero-order valence-corrected chi connectivity index (χ0v) is 12.7. The van der Waals surface area contributed by atoms with Crippen LogP contribution in [0.1, 0.15) is 29.5 Å². The number of nitrogens with zero attached hydrogens (tertiary/aromatic N) is 3. The van der Waals surface area contributed by atoms with Crippen molar-refractivity contribution in [3.8, 4) is 10.8 Å². The molecule has 6 nitrogen and oxygen atoms in total. The highest BCUT2D eigenvalue weighted by Gasteiger charge is 2.26. The molecule has 7 heteroatoms. The van der Waals surface area contributed by atoms with Crippen LogP contribution >= 0.6 is 11.3 Å². The van der Waals surface area contributed by atoms with Gasteiger partial charge in [0.25, 0.3) is 5.89 Å². The Morgan fingerprint density at radius 3 is 3.10 bits per heavy atom. The van der Waals surface area contributed by atoms with Crippen LogP contribution in [0.15, 0.2) is 16.5 Å². The maximum atomic E-state index is 11.0. The molecule has 1 amide bonds. The van der Waals surface area contributed by atoms with Gasteiger partial charge in [-0.3, -0.25) is 9.69 Å². The standard InChI is InChI=1S/C14H18N4O2S/c1-9-4-5-11(21-9)14-17-16-13(20-14)10-3-2-6-18(7-10)8-12(15)19/h4-5,10H,2-3,6-8H2,1H3,(H2,15,19)/t10-/m0/s1. The van der Waals surface area contributed by atoms with Crippen molar-refractivity contribution >= 4 is 17.2 Å². The van der Waals surface area contributed by atoms with E-state index >= 15 is 0 Å². The predicted octanol–water partition coefficient (Wildman–Crippen LogP) is 1.77. The van der Waals surface area contributed by atoms with Gasteiger partial charge in [-0.1, -0.05) is 0 Å². The molecule has 1 saturated heterocycles. The molecule has 2 aromatic rings. The zero-order valence-electron chi connectivity index (χ0n) is 11.9. The topological polar surface area (TPSA) is 85.3 Å². The first-order valence-electron chi connectivity index (χ1n) is 7.02. The molecule has 3 rings (SSSR count). The molecular weight excluding hydrogens is 288 g/mol. The molecule has 0 spiro atoms. The molecule has 21 heavy (non-hydrogen) atoms. The SMILES string of the molecule is Cc1ccc(-c2nnc([C@H]3CCCN(CC(N)=O)C3)o2)s1. The molecule has 0 saturated carbocycles. The minimum atomic E-state index is -0.295. The third-order valence-electron chi connectivity index (χ3n) is 3.63. The largest absolute Gasteiger partial charge is 0.420 e. The maximum absolute atomic E-state index is 11.0. The van der Waals surface area contributed by atoms with E-state index in [1.54, 1.807) is 11.3 Å². The quantitative estimate of drug-likeness (QED) is 0.930. The highest BCUT2D eigenvalue weighted by atomic mass is 32.1. The Morgan fingerprint density at radius 1 is 1.52 bits per heavy atom. The van der Waals surface area contributed by atoms with Gasteiger partial charge >= 0.3 is 0 Å². The molecule has 0 aromatic carbocycles. The van der Waals surface area contributed by atoms with Gasteiger partial charge in [0.2, 0.25) is 11.8 Å². The van der Waals surface area contributed by atoms with Crippen molar-refractivity contribution in [2.45, 2.75) is 25.7 Å². The van der Waals surface area contributed by atoms with Crippen molar-refractivity contribution in [1.82, 2.24) is 15.1 Å². The molecule has 3 heterocycles. The second-order valence-corrected chi connectivity index (χ2v) is 6.68. The van der Waals surface area contributed by atoms with Crippen LogP contribution in [0.4, 0.5) is 0 Å². The summed E-state index contributed by atoms with van der Waals surface area (Å²) >= 11 is 1.64. The van der Waals surface area contributed by atoms with Gasteiger partial charge in [0, 0.05) is 11.4 Å². The van der Waals surface area contributed by atoms with Crippen LogP contribution in [0.3, 0.4) is 0 Å². The molecule has 2 N–H and O–H groups in total. The number of hydrogen-bond acceptors (Lipinski definition) is 6. The lowest BCUT2D eigenvalue weighted by Gasteiger charge is -2.29. The van der Waals surface area contributed by atoms with Crippen molar-refractivity contribution in [1.29, 1.82) is 0 Å². The predicted molar refractivity (Wildman–Crippen MR) is 80.0 cm³/mol. The summed E-state index contributed by atoms with van der Waals surface area (Å²) in [6, 6.07) is 4.04. The molecule has 2 aromatic heterocycles. The smallest absolute Gasteiger partial charge is 0.257 e. The molecule has 0 aliphatic carbocycles. The van der Waals surface area contributed by atoms with Crippen LogP contribution < -0.4 is 5.73 Å². The van der Waals surface area contributed by atoms with Gasteiger partial charge < -0.3 is 10.2 Å². The Morgan fingerprint density at radius 2 is 2.38 bits per heavy atom. The highest BCUT2D eigenvalue weighted by molar-refractivity contribution is 7.15. The number of primary amides is 1. The summed E-state index contributed by atoms with van der Waals surface area (Å²) in [5, 5.41) is 8.33. The Labute approximate surface area is 127 Å². The van der Waals surface area contributed by atoms with Crippen LogP contribution in [0.25, 0.3) is 10.8 Å². The summed E-state index contributed by atoms with van der Waals surface area (Å²) in [5.41, 5.74) is 5.26. The number of aryl methyl sites for hydroxylation is 1. The third kappa shape index (κ3) is 3.30. The summed E-state index contributed by atoms with van der Waals surface area (Å²) < 4.78 is 5.82. The Bertz CT molecular complexity index is 636. The van der Waals surface area contributed by atoms with Gasteiger partial charge in [-0.25, -0.2) is 0 Å². The molecule has 1 aliphatic rings. The number of amides is 1. The fourth-order valence-electron chi connectivity index (χ4n) is 2.67. The van der Waals surface area contributed by atoms with Crippen LogP contribution in [0, 0.1) is 6.92 Å². The van der Waals surface area contributed by atoms with Crippen molar-refractivity contribution < 1.29 is 9.21 Å². The minimum Gasteiger partial charge on any atom is -0.420 e. The molecule has 1 aliphatic heterocycles. The van der Waals surface area contributed by atoms with E-state index in [2.05, 4.69) is 15.1 Å². The van der Waals surface area contributed by atoms with Crippen LogP contribution in [-0.2, 0) is 4.79 Å². The number of carbonyl (C=O) groups is 1. The van der Waals surface area contributed by atoms with E-state index in [1.165, 1.54) is 4.88 Å². The van der Waals surface area contributed by atoms with E-state index in [0.717, 1.165) is 30.8 Å². The fourth-order valence-corrected chi connectivity index (χ4v) is 3.46. The van der Waals surface area contributed by atoms with E-state index < -0.39 is 0 Å². The van der Waals surface area contributed by atoms with Gasteiger partial charge in [-0.2, -0.15) is 0 Å². The Kier molecular flexibility index (Phi) is 4.03. The molecule has 1 fully saturated rings. The lowest BCUT2D eigenvalue weighted by atomic mass is 9.98. The number of thiophene rings is 1. The van der Waals surface area contributed by atoms with E-state index in [0.29, 0.717) is 18.3 Å². The van der Waals surface area contributed by atoms with E-state index in [1.807, 2.05) is 19.1 Å². The molecule has 0 unspecified atom stereocenters. The number of piperidine rings is 1. The van der Waals surface area contributed by atoms with Gasteiger partial charge in [0.1, 0.15) is 0 Å². The number of carbonyl (C=O) groups excluding carboxylic acids is 1. The van der Waals surface area contributed by atoms with Crippen molar-refractivity contribution in [3.05, 3.63) is 22.9 Å². The first-order valence-corrected chi connectivity index (χ1v) is 7.84. The number of likely N-dealkylation sites (tertiary alicyclic amines) is 1. The second-order valence-electron chi connectivity index (χ2n) is 5.40. The summed E-state index contributed by atoms with van der Waals surface area (Å²) in [5.74, 6) is 1.12. The summed E-state index contributed by atoms with van der Waals surface area (Å²) in [6.07, 6.45) is 2.01. The van der Waals surface area contributed by atoms with Crippen LogP contribution in [-0.4, -0.2) is 40.6 Å². The molecule has 0 bridgehead atoms. The average Bonchev–Trinajstić information content (AvgIpc) is 3.06. The van der Waals surface area contributed by atoms with E-state index in [4.69, 9.17) is 10.2 Å². The van der Waals surface area contributed by atoms with Crippen LogP contribution in [0.2, 0.25) is 0 Å². The first-order chi connectivity index (χ1) is 10.1. The van der Waals surface area contributed by atoms with Gasteiger partial charge in [0.05, 0.1) is 17.3 Å². The highest BCUT2D eigenvalue weighted by Crippen LogP contribution is 2.31. The summed E-state index contributed by atoms with van der Waals surface area (Å²) in [6.45, 7) is 3.98. The van der Waals surface area contributed by atoms with Gasteiger partial charge in [-0.05, 0) is 38.4 Å². The van der Waals surface area contributed by atoms with Crippen molar-refractivity contribution in [3.63, 3.8) is 0 Å². The first kappa shape index (κ1) is 14.2. The molecule has 0 radical (unpaired) electrons. The Balaban J connectivity index is 1.72. The molecule has 1 atom stereocenters. The minimum absolute atomic E-state index is 0.181.